The van der Waals surface area contributed by atoms with Crippen molar-refractivity contribution in [2.24, 2.45) is 11.8 Å². The largest absolute Gasteiger partial charge is 0.494 e. The maximum absolute atomic E-state index is 11.5. The summed E-state index contributed by atoms with van der Waals surface area (Å²) < 4.78 is 5.48. The number of carbonyl (C=O) groups is 2. The standard InChI is InChI=1S/C14H17NO4/c16-13(11-9-12(11)14(17)18)15-7-4-8-19-10-5-2-1-3-6-10/h1-3,5-6,11-12H,4,7-9H2,(H,15,16)(H,17,18). The Morgan fingerprint density at radius 3 is 2.63 bits per heavy atom. The highest BCUT2D eigenvalue weighted by molar-refractivity contribution is 5.89. The molecule has 0 spiro atoms. The van der Waals surface area contributed by atoms with Gasteiger partial charge in [-0.2, -0.15) is 0 Å². The van der Waals surface area contributed by atoms with Gasteiger partial charge >= 0.3 is 5.97 Å². The topological polar surface area (TPSA) is 75.6 Å². The van der Waals surface area contributed by atoms with Crippen molar-refractivity contribution in [2.45, 2.75) is 12.8 Å². The molecule has 2 rings (SSSR count). The lowest BCUT2D eigenvalue weighted by Crippen LogP contribution is -2.28. The van der Waals surface area contributed by atoms with Crippen molar-refractivity contribution in [1.29, 1.82) is 0 Å². The molecule has 1 aromatic rings. The molecule has 0 bridgehead atoms. The minimum absolute atomic E-state index is 0.160. The lowest BCUT2D eigenvalue weighted by atomic mass is 10.3. The fourth-order valence-electron chi connectivity index (χ4n) is 1.88. The Hall–Kier alpha value is -2.04. The molecule has 0 saturated heterocycles. The van der Waals surface area contributed by atoms with Gasteiger partial charge in [-0.25, -0.2) is 0 Å². The average Bonchev–Trinajstić information content (AvgIpc) is 3.20. The minimum atomic E-state index is -0.882. The monoisotopic (exact) mass is 263 g/mol. The third-order valence-corrected chi connectivity index (χ3v) is 3.08. The van der Waals surface area contributed by atoms with Crippen molar-refractivity contribution >= 4 is 11.9 Å². The first-order chi connectivity index (χ1) is 9.18. The molecule has 2 atom stereocenters. The summed E-state index contributed by atoms with van der Waals surface area (Å²) in [5.41, 5.74) is 0. The van der Waals surface area contributed by atoms with E-state index in [4.69, 9.17) is 9.84 Å². The SMILES string of the molecule is O=C(O)C1CC1C(=O)NCCCOc1ccccc1. The number of nitrogens with one attached hydrogen (secondary N) is 1. The van der Waals surface area contributed by atoms with Crippen LogP contribution >= 0.6 is 0 Å². The molecule has 1 aliphatic carbocycles. The first-order valence-electron chi connectivity index (χ1n) is 6.37. The van der Waals surface area contributed by atoms with Crippen LogP contribution in [0.15, 0.2) is 30.3 Å². The molecule has 2 unspecified atom stereocenters. The van der Waals surface area contributed by atoms with Crippen LogP contribution in [0, 0.1) is 11.8 Å². The van der Waals surface area contributed by atoms with Gasteiger partial charge in [0.1, 0.15) is 5.75 Å². The number of para-hydroxylation sites is 1. The Labute approximate surface area is 111 Å². The van der Waals surface area contributed by atoms with E-state index < -0.39 is 11.9 Å². The van der Waals surface area contributed by atoms with E-state index in [1.807, 2.05) is 30.3 Å². The number of benzene rings is 1. The number of aliphatic carboxylic acids is 1. The van der Waals surface area contributed by atoms with E-state index in [1.54, 1.807) is 0 Å². The van der Waals surface area contributed by atoms with Crippen molar-refractivity contribution in [3.05, 3.63) is 30.3 Å². The lowest BCUT2D eigenvalue weighted by Gasteiger charge is -2.07. The van der Waals surface area contributed by atoms with Crippen LogP contribution in [0.3, 0.4) is 0 Å². The van der Waals surface area contributed by atoms with E-state index in [2.05, 4.69) is 5.32 Å². The van der Waals surface area contributed by atoms with E-state index in [1.165, 1.54) is 0 Å². The minimum Gasteiger partial charge on any atom is -0.494 e. The van der Waals surface area contributed by atoms with Gasteiger partial charge in [0.2, 0.25) is 5.91 Å². The molecule has 1 aromatic carbocycles. The average molecular weight is 263 g/mol. The molecule has 0 aromatic heterocycles. The number of carbonyl (C=O) groups excluding carboxylic acids is 1. The molecule has 1 amide bonds. The van der Waals surface area contributed by atoms with Gasteiger partial charge in [0.25, 0.3) is 0 Å². The van der Waals surface area contributed by atoms with Crippen LogP contribution in [-0.2, 0) is 9.59 Å². The van der Waals surface area contributed by atoms with Gasteiger partial charge in [0, 0.05) is 6.54 Å². The highest BCUT2D eigenvalue weighted by atomic mass is 16.5. The van der Waals surface area contributed by atoms with Gasteiger partial charge in [0.05, 0.1) is 18.4 Å². The summed E-state index contributed by atoms with van der Waals surface area (Å²) >= 11 is 0. The highest BCUT2D eigenvalue weighted by Crippen LogP contribution is 2.38. The van der Waals surface area contributed by atoms with Gasteiger partial charge in [-0.3, -0.25) is 9.59 Å². The highest BCUT2D eigenvalue weighted by Gasteiger charge is 2.48. The maximum Gasteiger partial charge on any atom is 0.307 e. The van der Waals surface area contributed by atoms with E-state index in [0.717, 1.165) is 5.75 Å². The van der Waals surface area contributed by atoms with E-state index >= 15 is 0 Å². The molecule has 0 aliphatic heterocycles. The van der Waals surface area contributed by atoms with E-state index in [9.17, 15) is 9.59 Å². The van der Waals surface area contributed by atoms with Crippen molar-refractivity contribution in [3.63, 3.8) is 0 Å². The number of amides is 1. The fraction of sp³-hybridized carbons (Fsp3) is 0.429. The molecular weight excluding hydrogens is 246 g/mol. The van der Waals surface area contributed by atoms with Crippen LogP contribution in [0.1, 0.15) is 12.8 Å². The normalized spacial score (nSPS) is 20.6. The zero-order valence-electron chi connectivity index (χ0n) is 10.5. The number of carboxylic acids is 1. The second-order valence-corrected chi connectivity index (χ2v) is 4.59. The Bertz CT molecular complexity index is 446. The van der Waals surface area contributed by atoms with E-state index in [0.29, 0.717) is 26.0 Å². The van der Waals surface area contributed by atoms with Crippen molar-refractivity contribution in [1.82, 2.24) is 5.32 Å². The second-order valence-electron chi connectivity index (χ2n) is 4.59. The van der Waals surface area contributed by atoms with Crippen LogP contribution in [0.2, 0.25) is 0 Å². The second kappa shape index (κ2) is 6.22. The van der Waals surface area contributed by atoms with Crippen LogP contribution in [-0.4, -0.2) is 30.1 Å². The molecule has 0 heterocycles. The summed E-state index contributed by atoms with van der Waals surface area (Å²) in [5.74, 6) is -1.06. The summed E-state index contributed by atoms with van der Waals surface area (Å²) in [6, 6.07) is 9.47. The fourth-order valence-corrected chi connectivity index (χ4v) is 1.88. The summed E-state index contributed by atoms with van der Waals surface area (Å²) in [6.45, 7) is 1.03. The first-order valence-corrected chi connectivity index (χ1v) is 6.37. The van der Waals surface area contributed by atoms with Gasteiger partial charge in [-0.1, -0.05) is 18.2 Å². The van der Waals surface area contributed by atoms with Crippen LogP contribution in [0.5, 0.6) is 5.75 Å². The predicted octanol–water partition coefficient (Wildman–Crippen LogP) is 1.29. The molecule has 5 heteroatoms. The third-order valence-electron chi connectivity index (χ3n) is 3.08. The quantitative estimate of drug-likeness (QED) is 0.727. The zero-order valence-corrected chi connectivity index (χ0v) is 10.5. The van der Waals surface area contributed by atoms with Gasteiger partial charge in [0.15, 0.2) is 0 Å². The first kappa shape index (κ1) is 13.4. The molecule has 5 nitrogen and oxygen atoms in total. The van der Waals surface area contributed by atoms with E-state index in [-0.39, 0.29) is 11.8 Å². The molecular formula is C14H17NO4. The summed E-state index contributed by atoms with van der Waals surface area (Å²) in [5, 5.41) is 11.4. The number of hydrogen-bond acceptors (Lipinski definition) is 3. The predicted molar refractivity (Wildman–Crippen MR) is 68.8 cm³/mol. The van der Waals surface area contributed by atoms with Gasteiger partial charge in [-0.05, 0) is 25.0 Å². The molecule has 1 saturated carbocycles. The summed E-state index contributed by atoms with van der Waals surface area (Å²) in [4.78, 5) is 22.1. The van der Waals surface area contributed by atoms with Gasteiger partial charge < -0.3 is 15.2 Å². The number of hydrogen-bond donors (Lipinski definition) is 2. The number of carboxylic acid groups (broad SMARTS) is 1. The summed E-state index contributed by atoms with van der Waals surface area (Å²) in [6.07, 6.45) is 1.16. The molecule has 1 aliphatic rings. The number of rotatable bonds is 7. The van der Waals surface area contributed by atoms with Crippen LogP contribution < -0.4 is 10.1 Å². The van der Waals surface area contributed by atoms with Gasteiger partial charge in [-0.15, -0.1) is 0 Å². The Morgan fingerprint density at radius 1 is 1.26 bits per heavy atom. The third kappa shape index (κ3) is 3.98. The Morgan fingerprint density at radius 2 is 2.00 bits per heavy atom. The molecule has 19 heavy (non-hydrogen) atoms. The van der Waals surface area contributed by atoms with Crippen molar-refractivity contribution < 1.29 is 19.4 Å². The zero-order chi connectivity index (χ0) is 13.7. The Kier molecular flexibility index (Phi) is 4.39. The number of ether oxygens (including phenoxy) is 1. The van der Waals surface area contributed by atoms with Crippen molar-refractivity contribution in [2.75, 3.05) is 13.2 Å². The molecule has 2 N–H and O–H groups in total. The maximum atomic E-state index is 11.5. The lowest BCUT2D eigenvalue weighted by molar-refractivity contribution is -0.140. The molecule has 0 radical (unpaired) electrons. The van der Waals surface area contributed by atoms with Crippen LogP contribution in [0.25, 0.3) is 0 Å². The smallest absolute Gasteiger partial charge is 0.307 e. The summed E-state index contributed by atoms with van der Waals surface area (Å²) in [7, 11) is 0. The molecule has 1 fully saturated rings. The van der Waals surface area contributed by atoms with Crippen molar-refractivity contribution in [3.8, 4) is 5.75 Å². The molecule has 102 valence electrons. The van der Waals surface area contributed by atoms with Crippen LogP contribution in [0.4, 0.5) is 0 Å². The Balaban J connectivity index is 1.55.